The van der Waals surface area contributed by atoms with Crippen molar-refractivity contribution in [3.63, 3.8) is 0 Å². The first-order chi connectivity index (χ1) is 12.5. The van der Waals surface area contributed by atoms with E-state index >= 15 is 0 Å². The Hall–Kier alpha value is -2.21. The molecule has 2 N–H and O–H groups in total. The molecule has 0 atom stereocenters. The summed E-state index contributed by atoms with van der Waals surface area (Å²) in [7, 11) is 0. The maximum absolute atomic E-state index is 12.2. The van der Waals surface area contributed by atoms with Gasteiger partial charge in [-0.05, 0) is 44.6 Å². The minimum atomic E-state index is -0.736. The molecule has 0 spiro atoms. The van der Waals surface area contributed by atoms with Gasteiger partial charge in [0.25, 0.3) is 0 Å². The molecule has 26 heavy (non-hydrogen) atoms. The minimum absolute atomic E-state index is 0.0409. The van der Waals surface area contributed by atoms with E-state index in [0.29, 0.717) is 32.2 Å². The number of hydrogen-bond donors (Lipinski definition) is 2. The first-order valence-corrected chi connectivity index (χ1v) is 9.93. The maximum Gasteiger partial charge on any atom is 0.306 e. The van der Waals surface area contributed by atoms with Crippen LogP contribution < -0.4 is 5.32 Å². The lowest BCUT2D eigenvalue weighted by molar-refractivity contribution is -0.144. The highest BCUT2D eigenvalue weighted by Crippen LogP contribution is 2.29. The molecule has 0 unspecified atom stereocenters. The van der Waals surface area contributed by atoms with E-state index in [1.165, 1.54) is 5.56 Å². The third kappa shape index (κ3) is 4.69. The molecule has 1 amide bonds. The number of aryl methyl sites for hydroxylation is 1. The van der Waals surface area contributed by atoms with Crippen LogP contribution in [0.1, 0.15) is 36.3 Å². The number of carbonyl (C=O) groups is 2. The second-order valence-electron chi connectivity index (χ2n) is 6.88. The molecule has 0 aliphatic heterocycles. The van der Waals surface area contributed by atoms with Crippen molar-refractivity contribution >= 4 is 23.2 Å². The van der Waals surface area contributed by atoms with Gasteiger partial charge in [0.1, 0.15) is 0 Å². The second kappa shape index (κ2) is 8.45. The maximum atomic E-state index is 12.2. The Kier molecular flexibility index (Phi) is 6.04. The summed E-state index contributed by atoms with van der Waals surface area (Å²) in [4.78, 5) is 27.7. The topological polar surface area (TPSA) is 79.3 Å². The molecule has 1 saturated carbocycles. The van der Waals surface area contributed by atoms with Gasteiger partial charge in [0.2, 0.25) is 5.91 Å². The average Bonchev–Trinajstić information content (AvgIpc) is 3.08. The zero-order valence-corrected chi connectivity index (χ0v) is 15.7. The Balaban J connectivity index is 1.43. The summed E-state index contributed by atoms with van der Waals surface area (Å²) >= 11 is 1.64. The predicted octanol–water partition coefficient (Wildman–Crippen LogP) is 3.67. The van der Waals surface area contributed by atoms with Crippen LogP contribution in [-0.2, 0) is 16.0 Å². The van der Waals surface area contributed by atoms with Crippen molar-refractivity contribution in [3.8, 4) is 11.3 Å². The highest BCUT2D eigenvalue weighted by molar-refractivity contribution is 7.09. The summed E-state index contributed by atoms with van der Waals surface area (Å²) in [6.45, 7) is 2.60. The van der Waals surface area contributed by atoms with Crippen LogP contribution in [0, 0.1) is 18.8 Å². The molecule has 0 bridgehead atoms. The number of rotatable bonds is 6. The van der Waals surface area contributed by atoms with Crippen LogP contribution in [0.25, 0.3) is 11.3 Å². The smallest absolute Gasteiger partial charge is 0.306 e. The molecule has 1 fully saturated rings. The molecule has 1 aromatic carbocycles. The monoisotopic (exact) mass is 372 g/mol. The van der Waals surface area contributed by atoms with Gasteiger partial charge in [0.15, 0.2) is 0 Å². The number of carboxylic acid groups (broad SMARTS) is 1. The Morgan fingerprint density at radius 1 is 1.15 bits per heavy atom. The summed E-state index contributed by atoms with van der Waals surface area (Å²) in [5.74, 6) is -0.997. The van der Waals surface area contributed by atoms with Crippen molar-refractivity contribution in [1.29, 1.82) is 0 Å². The SMILES string of the molecule is Cc1nc(-c2ccc(CCNC(=O)C3CCC(C(=O)O)CC3)cc2)cs1. The molecule has 138 valence electrons. The molecule has 1 heterocycles. The number of carbonyl (C=O) groups excluding carboxylic acids is 1. The molecule has 0 saturated heterocycles. The molecule has 1 aromatic heterocycles. The molecule has 2 aromatic rings. The van der Waals surface area contributed by atoms with Crippen molar-refractivity contribution < 1.29 is 14.7 Å². The van der Waals surface area contributed by atoms with E-state index in [1.54, 1.807) is 11.3 Å². The number of aromatic nitrogens is 1. The number of carboxylic acids is 1. The van der Waals surface area contributed by atoms with Crippen molar-refractivity contribution in [1.82, 2.24) is 10.3 Å². The van der Waals surface area contributed by atoms with E-state index in [1.807, 2.05) is 6.92 Å². The summed E-state index contributed by atoms with van der Waals surface area (Å²) in [5, 5.41) is 15.1. The number of benzene rings is 1. The van der Waals surface area contributed by atoms with Gasteiger partial charge in [-0.2, -0.15) is 0 Å². The van der Waals surface area contributed by atoms with Gasteiger partial charge in [-0.1, -0.05) is 24.3 Å². The number of hydrogen-bond acceptors (Lipinski definition) is 4. The van der Waals surface area contributed by atoms with E-state index in [-0.39, 0.29) is 17.7 Å². The number of thiazole rings is 1. The second-order valence-corrected chi connectivity index (χ2v) is 7.94. The largest absolute Gasteiger partial charge is 0.481 e. The highest BCUT2D eigenvalue weighted by Gasteiger charge is 2.29. The summed E-state index contributed by atoms with van der Waals surface area (Å²) in [6.07, 6.45) is 3.33. The molecule has 6 heteroatoms. The van der Waals surface area contributed by atoms with Gasteiger partial charge in [-0.3, -0.25) is 9.59 Å². The third-order valence-corrected chi connectivity index (χ3v) is 5.80. The number of aliphatic carboxylic acids is 1. The standard InChI is InChI=1S/C20H24N2O3S/c1-13-22-18(12-26-13)15-4-2-14(3-5-15)10-11-21-19(23)16-6-8-17(9-7-16)20(24)25/h2-5,12,16-17H,6-11H2,1H3,(H,21,23)(H,24,25). The molecule has 1 aliphatic carbocycles. The lowest BCUT2D eigenvalue weighted by Gasteiger charge is -2.25. The van der Waals surface area contributed by atoms with Crippen LogP contribution in [0.5, 0.6) is 0 Å². The number of amides is 1. The van der Waals surface area contributed by atoms with Crippen LogP contribution >= 0.6 is 11.3 Å². The van der Waals surface area contributed by atoms with E-state index in [4.69, 9.17) is 5.11 Å². The van der Waals surface area contributed by atoms with Crippen molar-refractivity contribution in [3.05, 3.63) is 40.2 Å². The van der Waals surface area contributed by atoms with E-state index in [9.17, 15) is 9.59 Å². The van der Waals surface area contributed by atoms with Crippen molar-refractivity contribution in [2.24, 2.45) is 11.8 Å². The zero-order valence-electron chi connectivity index (χ0n) is 14.9. The summed E-state index contributed by atoms with van der Waals surface area (Å²) in [6, 6.07) is 8.29. The number of nitrogens with one attached hydrogen (secondary N) is 1. The van der Waals surface area contributed by atoms with Gasteiger partial charge in [0, 0.05) is 23.4 Å². The minimum Gasteiger partial charge on any atom is -0.481 e. The van der Waals surface area contributed by atoms with Crippen molar-refractivity contribution in [2.45, 2.75) is 39.0 Å². The molecule has 5 nitrogen and oxygen atoms in total. The average molecular weight is 372 g/mol. The molecule has 1 aliphatic rings. The van der Waals surface area contributed by atoms with E-state index in [2.05, 4.69) is 39.9 Å². The molecular formula is C20H24N2O3S. The van der Waals surface area contributed by atoms with Gasteiger partial charge < -0.3 is 10.4 Å². The third-order valence-electron chi connectivity index (χ3n) is 5.03. The molecule has 0 radical (unpaired) electrons. The quantitative estimate of drug-likeness (QED) is 0.811. The van der Waals surface area contributed by atoms with Crippen LogP contribution in [-0.4, -0.2) is 28.5 Å². The van der Waals surface area contributed by atoms with E-state index < -0.39 is 5.97 Å². The first-order valence-electron chi connectivity index (χ1n) is 9.05. The van der Waals surface area contributed by atoms with Crippen LogP contribution in [0.2, 0.25) is 0 Å². The molecule has 3 rings (SSSR count). The van der Waals surface area contributed by atoms with E-state index in [0.717, 1.165) is 22.7 Å². The van der Waals surface area contributed by atoms with Gasteiger partial charge >= 0.3 is 5.97 Å². The van der Waals surface area contributed by atoms with Gasteiger partial charge in [0.05, 0.1) is 16.6 Å². The first kappa shape index (κ1) is 18.6. The lowest BCUT2D eigenvalue weighted by Crippen LogP contribution is -2.35. The Morgan fingerprint density at radius 3 is 2.38 bits per heavy atom. The van der Waals surface area contributed by atoms with Gasteiger partial charge in [-0.15, -0.1) is 11.3 Å². The normalized spacial score (nSPS) is 19.9. The fourth-order valence-electron chi connectivity index (χ4n) is 3.42. The molecular weight excluding hydrogens is 348 g/mol. The highest BCUT2D eigenvalue weighted by atomic mass is 32.1. The van der Waals surface area contributed by atoms with Crippen LogP contribution in [0.3, 0.4) is 0 Å². The number of nitrogens with zero attached hydrogens (tertiary/aromatic N) is 1. The van der Waals surface area contributed by atoms with Crippen LogP contribution in [0.15, 0.2) is 29.6 Å². The Labute approximate surface area is 157 Å². The van der Waals surface area contributed by atoms with Crippen LogP contribution in [0.4, 0.5) is 0 Å². The fraction of sp³-hybridized carbons (Fsp3) is 0.450. The fourth-order valence-corrected chi connectivity index (χ4v) is 4.04. The summed E-state index contributed by atoms with van der Waals surface area (Å²) < 4.78 is 0. The van der Waals surface area contributed by atoms with Crippen molar-refractivity contribution in [2.75, 3.05) is 6.54 Å². The summed E-state index contributed by atoms with van der Waals surface area (Å²) in [5.41, 5.74) is 3.29. The Bertz CT molecular complexity index is 762. The lowest BCUT2D eigenvalue weighted by atomic mass is 9.81. The predicted molar refractivity (Wildman–Crippen MR) is 102 cm³/mol. The Morgan fingerprint density at radius 2 is 1.81 bits per heavy atom. The van der Waals surface area contributed by atoms with Gasteiger partial charge in [-0.25, -0.2) is 4.98 Å². The zero-order chi connectivity index (χ0) is 18.5.